The van der Waals surface area contributed by atoms with E-state index in [1.807, 2.05) is 4.90 Å². The summed E-state index contributed by atoms with van der Waals surface area (Å²) in [5, 5.41) is 0. The first-order valence-corrected chi connectivity index (χ1v) is 9.03. The van der Waals surface area contributed by atoms with Gasteiger partial charge in [-0.1, -0.05) is 42.0 Å². The van der Waals surface area contributed by atoms with E-state index in [-0.39, 0.29) is 5.91 Å². The Morgan fingerprint density at radius 2 is 1.96 bits per heavy atom. The molecule has 130 valence electrons. The molecule has 0 N–H and O–H groups in total. The van der Waals surface area contributed by atoms with Crippen molar-refractivity contribution in [3.05, 3.63) is 41.5 Å². The SMILES string of the molecule is Cc1cccc(C=CC2CCN(C(=O)CN3CCOCC3)CC2)c1. The number of piperidine rings is 1. The summed E-state index contributed by atoms with van der Waals surface area (Å²) >= 11 is 0. The van der Waals surface area contributed by atoms with Gasteiger partial charge in [0.15, 0.2) is 0 Å². The monoisotopic (exact) mass is 328 g/mol. The van der Waals surface area contributed by atoms with Crippen LogP contribution in [0.4, 0.5) is 0 Å². The molecule has 0 aliphatic carbocycles. The molecule has 2 fully saturated rings. The number of morpholine rings is 1. The summed E-state index contributed by atoms with van der Waals surface area (Å²) in [5.74, 6) is 0.857. The number of allylic oxidation sites excluding steroid dienone is 1. The molecule has 2 aliphatic heterocycles. The van der Waals surface area contributed by atoms with Gasteiger partial charge in [-0.15, -0.1) is 0 Å². The number of likely N-dealkylation sites (tertiary alicyclic amines) is 1. The molecule has 0 bridgehead atoms. The summed E-state index contributed by atoms with van der Waals surface area (Å²) in [5.41, 5.74) is 2.56. The number of hydrogen-bond acceptors (Lipinski definition) is 3. The Kier molecular flexibility index (Phi) is 6.05. The predicted octanol–water partition coefficient (Wildman–Crippen LogP) is 2.58. The number of amides is 1. The quantitative estimate of drug-likeness (QED) is 0.852. The van der Waals surface area contributed by atoms with E-state index in [4.69, 9.17) is 4.74 Å². The highest BCUT2D eigenvalue weighted by atomic mass is 16.5. The minimum Gasteiger partial charge on any atom is -0.379 e. The number of ether oxygens (including phenoxy) is 1. The van der Waals surface area contributed by atoms with Crippen molar-refractivity contribution in [3.8, 4) is 0 Å². The lowest BCUT2D eigenvalue weighted by Gasteiger charge is -2.33. The van der Waals surface area contributed by atoms with Gasteiger partial charge in [0.2, 0.25) is 5.91 Å². The van der Waals surface area contributed by atoms with Crippen LogP contribution in [0.2, 0.25) is 0 Å². The fourth-order valence-electron chi connectivity index (χ4n) is 3.41. The molecule has 3 rings (SSSR count). The van der Waals surface area contributed by atoms with Crippen LogP contribution in [0.1, 0.15) is 24.0 Å². The molecule has 0 unspecified atom stereocenters. The molecular formula is C20H28N2O2. The van der Waals surface area contributed by atoms with Crippen LogP contribution in [0.15, 0.2) is 30.3 Å². The number of carbonyl (C=O) groups is 1. The summed E-state index contributed by atoms with van der Waals surface area (Å²) in [4.78, 5) is 16.7. The van der Waals surface area contributed by atoms with Crippen LogP contribution >= 0.6 is 0 Å². The van der Waals surface area contributed by atoms with Gasteiger partial charge in [0.25, 0.3) is 0 Å². The fourth-order valence-corrected chi connectivity index (χ4v) is 3.41. The first kappa shape index (κ1) is 17.2. The van der Waals surface area contributed by atoms with Gasteiger partial charge in [0, 0.05) is 26.2 Å². The third-order valence-corrected chi connectivity index (χ3v) is 4.96. The highest BCUT2D eigenvalue weighted by Crippen LogP contribution is 2.20. The normalized spacial score (nSPS) is 20.6. The zero-order valence-corrected chi connectivity index (χ0v) is 14.6. The largest absolute Gasteiger partial charge is 0.379 e. The first-order chi connectivity index (χ1) is 11.7. The van der Waals surface area contributed by atoms with Gasteiger partial charge >= 0.3 is 0 Å². The smallest absolute Gasteiger partial charge is 0.236 e. The van der Waals surface area contributed by atoms with E-state index in [2.05, 4.69) is 48.2 Å². The molecular weight excluding hydrogens is 300 g/mol. The molecule has 2 saturated heterocycles. The second-order valence-electron chi connectivity index (χ2n) is 6.88. The molecule has 0 saturated carbocycles. The minimum absolute atomic E-state index is 0.276. The Hall–Kier alpha value is -1.65. The molecule has 24 heavy (non-hydrogen) atoms. The highest BCUT2D eigenvalue weighted by molar-refractivity contribution is 5.78. The molecule has 0 radical (unpaired) electrons. The average molecular weight is 328 g/mol. The molecule has 1 aromatic carbocycles. The van der Waals surface area contributed by atoms with Crippen LogP contribution in [0.3, 0.4) is 0 Å². The van der Waals surface area contributed by atoms with Crippen molar-refractivity contribution >= 4 is 12.0 Å². The van der Waals surface area contributed by atoms with Crippen molar-refractivity contribution in [1.82, 2.24) is 9.80 Å². The number of benzene rings is 1. The maximum atomic E-state index is 12.4. The second-order valence-corrected chi connectivity index (χ2v) is 6.88. The van der Waals surface area contributed by atoms with Gasteiger partial charge in [-0.05, 0) is 31.2 Å². The van der Waals surface area contributed by atoms with E-state index in [1.54, 1.807) is 0 Å². The van der Waals surface area contributed by atoms with Gasteiger partial charge in [-0.2, -0.15) is 0 Å². The Labute approximate surface area is 145 Å². The summed E-state index contributed by atoms with van der Waals surface area (Å²) < 4.78 is 5.34. The van der Waals surface area contributed by atoms with E-state index in [9.17, 15) is 4.79 Å². The maximum Gasteiger partial charge on any atom is 0.236 e. The van der Waals surface area contributed by atoms with Gasteiger partial charge in [0.1, 0.15) is 0 Å². The molecule has 0 spiro atoms. The van der Waals surface area contributed by atoms with Crippen LogP contribution in [0, 0.1) is 12.8 Å². The zero-order chi connectivity index (χ0) is 16.8. The number of aryl methyl sites for hydroxylation is 1. The van der Waals surface area contributed by atoms with Gasteiger partial charge in [0.05, 0.1) is 19.8 Å². The standard InChI is InChI=1S/C20H28N2O2/c1-17-3-2-4-19(15-17)6-5-18-7-9-22(10-8-18)20(23)16-21-11-13-24-14-12-21/h2-6,15,18H,7-14,16H2,1H3. The topological polar surface area (TPSA) is 32.8 Å². The Morgan fingerprint density at radius 1 is 1.21 bits per heavy atom. The molecule has 2 heterocycles. The lowest BCUT2D eigenvalue weighted by Crippen LogP contribution is -2.46. The van der Waals surface area contributed by atoms with Gasteiger partial charge in [-0.3, -0.25) is 9.69 Å². The summed E-state index contributed by atoms with van der Waals surface area (Å²) in [7, 11) is 0. The molecule has 1 amide bonds. The van der Waals surface area contributed by atoms with E-state index < -0.39 is 0 Å². The first-order valence-electron chi connectivity index (χ1n) is 9.03. The Morgan fingerprint density at radius 3 is 2.67 bits per heavy atom. The molecule has 0 aromatic heterocycles. The summed E-state index contributed by atoms with van der Waals surface area (Å²) in [6.45, 7) is 7.68. The van der Waals surface area contributed by atoms with E-state index in [0.29, 0.717) is 12.5 Å². The van der Waals surface area contributed by atoms with Crippen LogP contribution in [-0.4, -0.2) is 61.6 Å². The molecule has 4 nitrogen and oxygen atoms in total. The van der Waals surface area contributed by atoms with Gasteiger partial charge < -0.3 is 9.64 Å². The van der Waals surface area contributed by atoms with Crippen molar-refractivity contribution in [2.45, 2.75) is 19.8 Å². The van der Waals surface area contributed by atoms with Gasteiger partial charge in [-0.25, -0.2) is 0 Å². The van der Waals surface area contributed by atoms with E-state index >= 15 is 0 Å². The summed E-state index contributed by atoms with van der Waals surface area (Å²) in [6.07, 6.45) is 6.68. The number of hydrogen-bond donors (Lipinski definition) is 0. The predicted molar refractivity (Wildman–Crippen MR) is 96.8 cm³/mol. The molecule has 1 aromatic rings. The maximum absolute atomic E-state index is 12.4. The lowest BCUT2D eigenvalue weighted by molar-refractivity contribution is -0.134. The fraction of sp³-hybridized carbons (Fsp3) is 0.550. The summed E-state index contributed by atoms with van der Waals surface area (Å²) in [6, 6.07) is 8.57. The molecule has 2 aliphatic rings. The van der Waals surface area contributed by atoms with Crippen LogP contribution in [0.5, 0.6) is 0 Å². The van der Waals surface area contributed by atoms with Crippen molar-refractivity contribution in [1.29, 1.82) is 0 Å². The van der Waals surface area contributed by atoms with Crippen molar-refractivity contribution in [2.24, 2.45) is 5.92 Å². The van der Waals surface area contributed by atoms with Crippen molar-refractivity contribution in [2.75, 3.05) is 45.9 Å². The number of nitrogens with zero attached hydrogens (tertiary/aromatic N) is 2. The zero-order valence-electron chi connectivity index (χ0n) is 14.6. The van der Waals surface area contributed by atoms with E-state index in [1.165, 1.54) is 11.1 Å². The number of rotatable bonds is 4. The van der Waals surface area contributed by atoms with Crippen LogP contribution in [-0.2, 0) is 9.53 Å². The third-order valence-electron chi connectivity index (χ3n) is 4.96. The third kappa shape index (κ3) is 4.92. The highest BCUT2D eigenvalue weighted by Gasteiger charge is 2.23. The van der Waals surface area contributed by atoms with Crippen LogP contribution < -0.4 is 0 Å². The van der Waals surface area contributed by atoms with Crippen molar-refractivity contribution < 1.29 is 9.53 Å². The Balaban J connectivity index is 1.44. The minimum atomic E-state index is 0.276. The Bertz CT molecular complexity index is 571. The van der Waals surface area contributed by atoms with Crippen molar-refractivity contribution in [3.63, 3.8) is 0 Å². The lowest BCUT2D eigenvalue weighted by atomic mass is 9.95. The molecule has 4 heteroatoms. The number of carbonyl (C=O) groups excluding carboxylic acids is 1. The molecule has 0 atom stereocenters. The van der Waals surface area contributed by atoms with E-state index in [0.717, 1.165) is 52.2 Å². The second kappa shape index (κ2) is 8.45. The van der Waals surface area contributed by atoms with Crippen LogP contribution in [0.25, 0.3) is 6.08 Å². The average Bonchev–Trinajstić information content (AvgIpc) is 2.61.